The second-order valence-corrected chi connectivity index (χ2v) is 3.16. The van der Waals surface area contributed by atoms with Crippen molar-refractivity contribution in [3.8, 4) is 0 Å². The molecule has 66 valence electrons. The molecule has 0 saturated heterocycles. The monoisotopic (exact) mass is 288 g/mol. The number of H-pyrrole nitrogens is 1. The van der Waals surface area contributed by atoms with E-state index in [9.17, 15) is 4.79 Å². The molecule has 0 aliphatic carbocycles. The number of fused-ring (bicyclic) bond motifs is 1. The van der Waals surface area contributed by atoms with Gasteiger partial charge in [0.2, 0.25) is 0 Å². The molecule has 0 aromatic carbocycles. The predicted octanol–water partition coefficient (Wildman–Crippen LogP) is 0.648. The lowest BCUT2D eigenvalue weighted by molar-refractivity contribution is 1.08. The number of hydrogen-bond acceptors (Lipinski definition) is 4. The van der Waals surface area contributed by atoms with Crippen LogP contribution in [0.15, 0.2) is 17.3 Å². The molecular formula is C7H5IN4O. The van der Waals surface area contributed by atoms with E-state index in [-0.39, 0.29) is 5.56 Å². The van der Waals surface area contributed by atoms with Crippen molar-refractivity contribution in [2.45, 2.75) is 4.43 Å². The smallest absolute Gasteiger partial charge is 0.278 e. The van der Waals surface area contributed by atoms with Gasteiger partial charge in [-0.3, -0.25) is 4.79 Å². The van der Waals surface area contributed by atoms with Crippen molar-refractivity contribution < 1.29 is 0 Å². The third-order valence-corrected chi connectivity index (χ3v) is 2.32. The molecule has 0 fully saturated rings. The van der Waals surface area contributed by atoms with Crippen molar-refractivity contribution >= 4 is 33.8 Å². The second kappa shape index (κ2) is 3.36. The molecule has 5 nitrogen and oxygen atoms in total. The Morgan fingerprint density at radius 2 is 2.31 bits per heavy atom. The van der Waals surface area contributed by atoms with E-state index in [2.05, 4.69) is 42.5 Å². The van der Waals surface area contributed by atoms with E-state index in [0.717, 1.165) is 10.1 Å². The Labute approximate surface area is 86.8 Å². The van der Waals surface area contributed by atoms with Crippen molar-refractivity contribution in [3.05, 3.63) is 28.6 Å². The number of hydrogen-bond donors (Lipinski definition) is 1. The summed E-state index contributed by atoms with van der Waals surface area (Å²) in [5, 5.41) is 0. The molecule has 0 atom stereocenters. The van der Waals surface area contributed by atoms with Crippen LogP contribution in [0.25, 0.3) is 11.2 Å². The lowest BCUT2D eigenvalue weighted by Crippen LogP contribution is -2.09. The summed E-state index contributed by atoms with van der Waals surface area (Å²) in [6, 6.07) is 0. The van der Waals surface area contributed by atoms with Gasteiger partial charge in [-0.05, 0) is 0 Å². The van der Waals surface area contributed by atoms with E-state index in [1.54, 1.807) is 6.20 Å². The normalized spacial score (nSPS) is 10.5. The molecule has 0 spiro atoms. The highest BCUT2D eigenvalue weighted by Gasteiger charge is 2.02. The molecule has 2 rings (SSSR count). The summed E-state index contributed by atoms with van der Waals surface area (Å²) in [6.07, 6.45) is 2.95. The number of rotatable bonds is 1. The number of halogens is 1. The van der Waals surface area contributed by atoms with E-state index in [4.69, 9.17) is 0 Å². The van der Waals surface area contributed by atoms with Crippen molar-refractivity contribution in [2.24, 2.45) is 0 Å². The Hall–Kier alpha value is -1.05. The van der Waals surface area contributed by atoms with Crippen molar-refractivity contribution in [2.75, 3.05) is 0 Å². The maximum atomic E-state index is 11.2. The van der Waals surface area contributed by atoms with Crippen LogP contribution in [0.5, 0.6) is 0 Å². The largest absolute Gasteiger partial charge is 0.311 e. The summed E-state index contributed by atoms with van der Waals surface area (Å²) in [6.45, 7) is 0. The lowest BCUT2D eigenvalue weighted by atomic mass is 10.4. The molecule has 6 heteroatoms. The molecule has 0 unspecified atom stereocenters. The fourth-order valence-electron chi connectivity index (χ4n) is 0.951. The standard InChI is InChI=1S/C7H5IN4O/c8-1-4-2-9-6-5(12-4)7(13)11-3-10-6/h2-3H,1H2,(H,9,10,11,13). The Morgan fingerprint density at radius 3 is 3.08 bits per heavy atom. The fraction of sp³-hybridized carbons (Fsp3) is 0.143. The molecule has 2 heterocycles. The molecule has 2 aromatic heterocycles. The quantitative estimate of drug-likeness (QED) is 0.617. The third kappa shape index (κ3) is 1.53. The minimum absolute atomic E-state index is 0.246. The fourth-order valence-corrected chi connectivity index (χ4v) is 1.32. The van der Waals surface area contributed by atoms with Gasteiger partial charge >= 0.3 is 0 Å². The first kappa shape index (κ1) is 8.54. The molecule has 0 saturated carbocycles. The van der Waals surface area contributed by atoms with Gasteiger partial charge in [0.05, 0.1) is 18.2 Å². The summed E-state index contributed by atoms with van der Waals surface area (Å²) >= 11 is 2.16. The van der Waals surface area contributed by atoms with Gasteiger partial charge in [-0.2, -0.15) is 0 Å². The highest BCUT2D eigenvalue weighted by molar-refractivity contribution is 14.1. The predicted molar refractivity (Wildman–Crippen MR) is 55.7 cm³/mol. The van der Waals surface area contributed by atoms with Gasteiger partial charge in [0.15, 0.2) is 11.2 Å². The zero-order valence-corrected chi connectivity index (χ0v) is 8.65. The molecule has 1 N–H and O–H groups in total. The van der Waals surface area contributed by atoms with E-state index in [0.29, 0.717) is 11.2 Å². The van der Waals surface area contributed by atoms with Gasteiger partial charge in [-0.25, -0.2) is 15.0 Å². The average Bonchev–Trinajstić information content (AvgIpc) is 2.18. The molecule has 2 aromatic rings. The number of aromatic amines is 1. The number of nitrogens with one attached hydrogen (secondary N) is 1. The Bertz CT molecular complexity index is 495. The molecular weight excluding hydrogens is 283 g/mol. The Morgan fingerprint density at radius 1 is 1.46 bits per heavy atom. The highest BCUT2D eigenvalue weighted by atomic mass is 127. The molecule has 0 aliphatic rings. The zero-order chi connectivity index (χ0) is 9.26. The average molecular weight is 288 g/mol. The second-order valence-electron chi connectivity index (χ2n) is 2.40. The molecule has 13 heavy (non-hydrogen) atoms. The van der Waals surface area contributed by atoms with Crippen molar-refractivity contribution in [1.82, 2.24) is 19.9 Å². The van der Waals surface area contributed by atoms with Crippen LogP contribution in [0.4, 0.5) is 0 Å². The third-order valence-electron chi connectivity index (χ3n) is 1.54. The molecule has 0 bridgehead atoms. The van der Waals surface area contributed by atoms with Crippen LogP contribution in [-0.4, -0.2) is 19.9 Å². The number of alkyl halides is 1. The SMILES string of the molecule is O=c1[nH]cnc2ncc(CI)nc12. The molecule has 0 aliphatic heterocycles. The highest BCUT2D eigenvalue weighted by Crippen LogP contribution is 2.03. The number of nitrogens with zero attached hydrogens (tertiary/aromatic N) is 3. The minimum atomic E-state index is -0.246. The van der Waals surface area contributed by atoms with Crippen LogP contribution in [0.3, 0.4) is 0 Å². The molecule has 0 amide bonds. The topological polar surface area (TPSA) is 71.5 Å². The summed E-state index contributed by atoms with van der Waals surface area (Å²) in [7, 11) is 0. The van der Waals surface area contributed by atoms with E-state index in [1.165, 1.54) is 6.33 Å². The van der Waals surface area contributed by atoms with Crippen LogP contribution in [0.1, 0.15) is 5.69 Å². The first-order valence-electron chi connectivity index (χ1n) is 3.56. The van der Waals surface area contributed by atoms with E-state index in [1.807, 2.05) is 0 Å². The lowest BCUT2D eigenvalue weighted by Gasteiger charge is -1.95. The van der Waals surface area contributed by atoms with E-state index >= 15 is 0 Å². The minimum Gasteiger partial charge on any atom is -0.311 e. The summed E-state index contributed by atoms with van der Waals surface area (Å²) in [5.41, 5.74) is 1.23. The van der Waals surface area contributed by atoms with Crippen LogP contribution in [0.2, 0.25) is 0 Å². The van der Waals surface area contributed by atoms with Crippen LogP contribution in [0, 0.1) is 0 Å². The van der Waals surface area contributed by atoms with Gasteiger partial charge in [0.25, 0.3) is 5.56 Å². The zero-order valence-electron chi connectivity index (χ0n) is 6.49. The van der Waals surface area contributed by atoms with Gasteiger partial charge in [0, 0.05) is 4.43 Å². The van der Waals surface area contributed by atoms with Gasteiger partial charge < -0.3 is 4.98 Å². The van der Waals surface area contributed by atoms with Crippen LogP contribution < -0.4 is 5.56 Å². The Balaban J connectivity index is 2.82. The maximum absolute atomic E-state index is 11.2. The van der Waals surface area contributed by atoms with Crippen LogP contribution >= 0.6 is 22.6 Å². The first-order valence-corrected chi connectivity index (χ1v) is 5.09. The maximum Gasteiger partial charge on any atom is 0.278 e. The summed E-state index contributed by atoms with van der Waals surface area (Å²) in [4.78, 5) is 25.7. The van der Waals surface area contributed by atoms with Crippen molar-refractivity contribution in [1.29, 1.82) is 0 Å². The van der Waals surface area contributed by atoms with Gasteiger partial charge in [-0.15, -0.1) is 0 Å². The molecule has 0 radical (unpaired) electrons. The summed E-state index contributed by atoms with van der Waals surface area (Å²) in [5.74, 6) is 0. The number of aromatic nitrogens is 4. The van der Waals surface area contributed by atoms with Crippen LogP contribution in [-0.2, 0) is 4.43 Å². The van der Waals surface area contributed by atoms with Crippen molar-refractivity contribution in [3.63, 3.8) is 0 Å². The first-order chi connectivity index (χ1) is 6.31. The summed E-state index contributed by atoms with van der Waals surface area (Å²) < 4.78 is 0.731. The van der Waals surface area contributed by atoms with E-state index < -0.39 is 0 Å². The van der Waals surface area contributed by atoms with Gasteiger partial charge in [-0.1, -0.05) is 22.6 Å². The Kier molecular flexibility index (Phi) is 2.21. The van der Waals surface area contributed by atoms with Gasteiger partial charge in [0.1, 0.15) is 0 Å².